The average molecular weight is 370 g/mol. The Balaban J connectivity index is 1.27. The van der Waals surface area contributed by atoms with Gasteiger partial charge in [0.15, 0.2) is 0 Å². The molecule has 1 aromatic carbocycles. The van der Waals surface area contributed by atoms with Crippen LogP contribution < -0.4 is 0 Å². The van der Waals surface area contributed by atoms with Gasteiger partial charge in [-0.1, -0.05) is 12.1 Å². The molecular formula is C22H30N2O3. The van der Waals surface area contributed by atoms with Gasteiger partial charge >= 0.3 is 0 Å². The van der Waals surface area contributed by atoms with E-state index < -0.39 is 0 Å². The van der Waals surface area contributed by atoms with Crippen molar-refractivity contribution in [2.45, 2.75) is 51.4 Å². The zero-order valence-corrected chi connectivity index (χ0v) is 16.0. The number of hydrogen-bond acceptors (Lipinski definition) is 3. The molecule has 4 rings (SSSR count). The zero-order chi connectivity index (χ0) is 18.9. The van der Waals surface area contributed by atoms with Crippen molar-refractivity contribution in [1.29, 1.82) is 0 Å². The summed E-state index contributed by atoms with van der Waals surface area (Å²) in [5.41, 5.74) is 1.31. The van der Waals surface area contributed by atoms with Crippen molar-refractivity contribution in [2.24, 2.45) is 11.3 Å². The minimum Gasteiger partial charge on any atom is -0.508 e. The first-order valence-corrected chi connectivity index (χ1v) is 10.4. The van der Waals surface area contributed by atoms with Crippen LogP contribution in [0.5, 0.6) is 5.75 Å². The third-order valence-corrected chi connectivity index (χ3v) is 6.66. The SMILES string of the molecule is O=C(CCc1ccc(O)cc1)N1CCC2(CCC(=O)N(CC3CC3)C2)CC1. The van der Waals surface area contributed by atoms with E-state index in [4.69, 9.17) is 0 Å². The van der Waals surface area contributed by atoms with E-state index in [0.29, 0.717) is 25.2 Å². The molecule has 2 amide bonds. The first-order valence-electron chi connectivity index (χ1n) is 10.4. The summed E-state index contributed by atoms with van der Waals surface area (Å²) in [4.78, 5) is 29.0. The van der Waals surface area contributed by atoms with Gasteiger partial charge in [-0.3, -0.25) is 9.59 Å². The Morgan fingerprint density at radius 3 is 2.48 bits per heavy atom. The van der Waals surface area contributed by atoms with E-state index in [1.807, 2.05) is 17.0 Å². The number of likely N-dealkylation sites (tertiary alicyclic amines) is 2. The molecule has 5 nitrogen and oxygen atoms in total. The number of hydrogen-bond donors (Lipinski definition) is 1. The summed E-state index contributed by atoms with van der Waals surface area (Å²) in [6, 6.07) is 7.09. The molecule has 0 radical (unpaired) electrons. The van der Waals surface area contributed by atoms with E-state index in [1.165, 1.54) is 12.8 Å². The molecule has 2 aliphatic heterocycles. The maximum atomic E-state index is 12.6. The van der Waals surface area contributed by atoms with E-state index in [1.54, 1.807) is 12.1 Å². The van der Waals surface area contributed by atoms with Gasteiger partial charge in [-0.25, -0.2) is 0 Å². The Morgan fingerprint density at radius 2 is 1.81 bits per heavy atom. The highest BCUT2D eigenvalue weighted by Crippen LogP contribution is 2.41. The molecule has 0 unspecified atom stereocenters. The lowest BCUT2D eigenvalue weighted by molar-refractivity contribution is -0.142. The fourth-order valence-electron chi connectivity index (χ4n) is 4.59. The second-order valence-electron chi connectivity index (χ2n) is 8.76. The molecule has 27 heavy (non-hydrogen) atoms. The van der Waals surface area contributed by atoms with E-state index in [-0.39, 0.29) is 17.1 Å². The monoisotopic (exact) mass is 370 g/mol. The molecule has 2 heterocycles. The van der Waals surface area contributed by atoms with Crippen LogP contribution in [0.15, 0.2) is 24.3 Å². The number of amides is 2. The predicted octanol–water partition coefficient (Wildman–Crippen LogP) is 2.97. The van der Waals surface area contributed by atoms with E-state index in [0.717, 1.165) is 56.9 Å². The van der Waals surface area contributed by atoms with Gasteiger partial charge in [-0.15, -0.1) is 0 Å². The third-order valence-electron chi connectivity index (χ3n) is 6.66. The van der Waals surface area contributed by atoms with Gasteiger partial charge in [0.1, 0.15) is 5.75 Å². The maximum Gasteiger partial charge on any atom is 0.222 e. The summed E-state index contributed by atoms with van der Waals surface area (Å²) in [6.45, 7) is 3.49. The first kappa shape index (κ1) is 18.3. The molecule has 1 spiro atoms. The van der Waals surface area contributed by atoms with Crippen molar-refractivity contribution in [3.63, 3.8) is 0 Å². The van der Waals surface area contributed by atoms with Crippen LogP contribution in [0.2, 0.25) is 0 Å². The second-order valence-corrected chi connectivity index (χ2v) is 8.76. The largest absolute Gasteiger partial charge is 0.508 e. The van der Waals surface area contributed by atoms with Crippen molar-refractivity contribution < 1.29 is 14.7 Å². The van der Waals surface area contributed by atoms with Gasteiger partial charge in [0.25, 0.3) is 0 Å². The number of benzene rings is 1. The maximum absolute atomic E-state index is 12.6. The molecule has 5 heteroatoms. The van der Waals surface area contributed by atoms with Crippen LogP contribution in [-0.2, 0) is 16.0 Å². The number of piperidine rings is 2. The molecule has 1 aliphatic carbocycles. The highest BCUT2D eigenvalue weighted by molar-refractivity contribution is 5.78. The van der Waals surface area contributed by atoms with E-state index >= 15 is 0 Å². The third kappa shape index (κ3) is 4.45. The predicted molar refractivity (Wildman–Crippen MR) is 103 cm³/mol. The number of phenolic OH excluding ortho intramolecular Hbond substituents is 1. The van der Waals surface area contributed by atoms with Crippen LogP contribution in [0.3, 0.4) is 0 Å². The average Bonchev–Trinajstić information content (AvgIpc) is 3.49. The number of aromatic hydroxyl groups is 1. The Morgan fingerprint density at radius 1 is 1.11 bits per heavy atom. The molecule has 146 valence electrons. The van der Waals surface area contributed by atoms with Gasteiger partial charge in [0.05, 0.1) is 0 Å². The minimum absolute atomic E-state index is 0.222. The lowest BCUT2D eigenvalue weighted by Gasteiger charge is -2.47. The summed E-state index contributed by atoms with van der Waals surface area (Å²) in [5.74, 6) is 1.55. The molecule has 0 aromatic heterocycles. The molecule has 1 saturated carbocycles. The molecule has 3 fully saturated rings. The number of aryl methyl sites for hydroxylation is 1. The van der Waals surface area contributed by atoms with Gasteiger partial charge in [0.2, 0.25) is 11.8 Å². The highest BCUT2D eigenvalue weighted by atomic mass is 16.3. The molecule has 1 N–H and O–H groups in total. The fraction of sp³-hybridized carbons (Fsp3) is 0.636. The van der Waals surface area contributed by atoms with Gasteiger partial charge in [-0.2, -0.15) is 0 Å². The van der Waals surface area contributed by atoms with E-state index in [2.05, 4.69) is 4.90 Å². The molecule has 1 aromatic rings. The van der Waals surface area contributed by atoms with Crippen LogP contribution in [0.4, 0.5) is 0 Å². The second kappa shape index (κ2) is 7.53. The Kier molecular flexibility index (Phi) is 5.11. The minimum atomic E-state index is 0.222. The van der Waals surface area contributed by atoms with Crippen LogP contribution in [0.25, 0.3) is 0 Å². The van der Waals surface area contributed by atoms with Crippen molar-refractivity contribution in [3.8, 4) is 5.75 Å². The van der Waals surface area contributed by atoms with Crippen LogP contribution in [0, 0.1) is 11.3 Å². The lowest BCUT2D eigenvalue weighted by atomic mass is 9.72. The Bertz CT molecular complexity index is 688. The highest BCUT2D eigenvalue weighted by Gasteiger charge is 2.42. The van der Waals surface area contributed by atoms with E-state index in [9.17, 15) is 14.7 Å². The first-order chi connectivity index (χ1) is 13.0. The summed E-state index contributed by atoms with van der Waals surface area (Å²) >= 11 is 0. The van der Waals surface area contributed by atoms with Crippen LogP contribution in [0.1, 0.15) is 50.5 Å². The Hall–Kier alpha value is -2.04. The molecule has 0 atom stereocenters. The fourth-order valence-corrected chi connectivity index (χ4v) is 4.59. The van der Waals surface area contributed by atoms with Gasteiger partial charge < -0.3 is 14.9 Å². The van der Waals surface area contributed by atoms with Crippen molar-refractivity contribution in [1.82, 2.24) is 9.80 Å². The summed E-state index contributed by atoms with van der Waals surface area (Å²) in [6.07, 6.45) is 7.50. The standard InChI is InChI=1S/C22H30N2O3/c25-19-6-3-17(4-7-19)5-8-20(26)23-13-11-22(12-14-23)10-9-21(27)24(16-22)15-18-1-2-18/h3-4,6-7,18,25H,1-2,5,8-16H2. The molecular weight excluding hydrogens is 340 g/mol. The number of carbonyl (C=O) groups excluding carboxylic acids is 2. The van der Waals surface area contributed by atoms with Crippen molar-refractivity contribution in [2.75, 3.05) is 26.2 Å². The number of rotatable bonds is 5. The van der Waals surface area contributed by atoms with Crippen LogP contribution in [-0.4, -0.2) is 52.9 Å². The normalized spacial score (nSPS) is 22.3. The van der Waals surface area contributed by atoms with Crippen molar-refractivity contribution >= 4 is 11.8 Å². The van der Waals surface area contributed by atoms with Crippen LogP contribution >= 0.6 is 0 Å². The lowest BCUT2D eigenvalue weighted by Crippen LogP contribution is -2.52. The zero-order valence-electron chi connectivity index (χ0n) is 16.0. The summed E-state index contributed by atoms with van der Waals surface area (Å²) in [7, 11) is 0. The smallest absolute Gasteiger partial charge is 0.222 e. The Labute approximate surface area is 161 Å². The number of phenols is 1. The van der Waals surface area contributed by atoms with Crippen molar-refractivity contribution in [3.05, 3.63) is 29.8 Å². The summed E-state index contributed by atoms with van der Waals surface area (Å²) in [5, 5.41) is 9.35. The molecule has 2 saturated heterocycles. The topological polar surface area (TPSA) is 60.9 Å². The molecule has 3 aliphatic rings. The van der Waals surface area contributed by atoms with Gasteiger partial charge in [0, 0.05) is 39.0 Å². The number of carbonyl (C=O) groups is 2. The summed E-state index contributed by atoms with van der Waals surface area (Å²) < 4.78 is 0. The number of nitrogens with zero attached hydrogens (tertiary/aromatic N) is 2. The van der Waals surface area contributed by atoms with Gasteiger partial charge in [-0.05, 0) is 67.6 Å². The molecule has 0 bridgehead atoms. The quantitative estimate of drug-likeness (QED) is 0.867.